The molecule has 84 valence electrons. The van der Waals surface area contributed by atoms with Crippen LogP contribution in [0.4, 0.5) is 0 Å². The second-order valence-corrected chi connectivity index (χ2v) is 3.56. The van der Waals surface area contributed by atoms with Crippen molar-refractivity contribution >= 4 is 0 Å². The van der Waals surface area contributed by atoms with E-state index in [1.54, 1.807) is 13.3 Å². The summed E-state index contributed by atoms with van der Waals surface area (Å²) in [5, 5.41) is 9.31. The molecule has 0 spiro atoms. The fourth-order valence-corrected chi connectivity index (χ4v) is 1.75. The van der Waals surface area contributed by atoms with Gasteiger partial charge in [0.1, 0.15) is 11.7 Å². The molecule has 1 unspecified atom stereocenters. The van der Waals surface area contributed by atoms with E-state index >= 15 is 0 Å². The minimum atomic E-state index is -0.396. The van der Waals surface area contributed by atoms with Gasteiger partial charge < -0.3 is 4.74 Å². The Morgan fingerprint density at radius 2 is 1.94 bits per heavy atom. The van der Waals surface area contributed by atoms with E-state index in [2.05, 4.69) is 11.1 Å². The molecule has 17 heavy (non-hydrogen) atoms. The Hall–Kier alpha value is -2.34. The van der Waals surface area contributed by atoms with E-state index in [1.807, 2.05) is 42.5 Å². The minimum absolute atomic E-state index is 0.396. The number of nitrogens with zero attached hydrogens (tertiary/aromatic N) is 2. The van der Waals surface area contributed by atoms with Crippen LogP contribution in [0.2, 0.25) is 0 Å². The maximum atomic E-state index is 9.31. The topological polar surface area (TPSA) is 45.9 Å². The molecule has 0 N–H and O–H groups in total. The van der Waals surface area contributed by atoms with Gasteiger partial charge in [-0.25, -0.2) is 0 Å². The summed E-state index contributed by atoms with van der Waals surface area (Å²) in [5.74, 6) is 0.317. The van der Waals surface area contributed by atoms with E-state index in [0.717, 1.165) is 11.3 Å². The van der Waals surface area contributed by atoms with Gasteiger partial charge >= 0.3 is 0 Å². The van der Waals surface area contributed by atoms with Crippen LogP contribution >= 0.6 is 0 Å². The molecule has 1 heterocycles. The standard InChI is InChI=1S/C14H12N2O/c1-17-14-8-3-2-6-11(14)12(10-15)13-7-4-5-9-16-13/h2-9,12H,1H3. The summed E-state index contributed by atoms with van der Waals surface area (Å²) < 4.78 is 5.27. The number of aromatic nitrogens is 1. The highest BCUT2D eigenvalue weighted by Crippen LogP contribution is 2.29. The molecule has 1 atom stereocenters. The zero-order chi connectivity index (χ0) is 12.1. The first-order valence-corrected chi connectivity index (χ1v) is 5.30. The number of hydrogen-bond donors (Lipinski definition) is 0. The molecule has 0 amide bonds. The zero-order valence-corrected chi connectivity index (χ0v) is 9.50. The highest BCUT2D eigenvalue weighted by molar-refractivity contribution is 5.43. The molecular formula is C14H12N2O. The van der Waals surface area contributed by atoms with Gasteiger partial charge in [0, 0.05) is 11.8 Å². The van der Waals surface area contributed by atoms with Crippen molar-refractivity contribution in [1.29, 1.82) is 5.26 Å². The molecule has 3 nitrogen and oxygen atoms in total. The van der Waals surface area contributed by atoms with E-state index in [4.69, 9.17) is 4.74 Å². The Labute approximate surface area is 100 Å². The van der Waals surface area contributed by atoms with Crippen molar-refractivity contribution in [2.24, 2.45) is 0 Å². The van der Waals surface area contributed by atoms with Gasteiger partial charge in [-0.1, -0.05) is 24.3 Å². The largest absolute Gasteiger partial charge is 0.496 e. The van der Waals surface area contributed by atoms with Gasteiger partial charge in [-0.3, -0.25) is 4.98 Å². The quantitative estimate of drug-likeness (QED) is 0.805. The van der Waals surface area contributed by atoms with Gasteiger partial charge in [-0.05, 0) is 18.2 Å². The summed E-state index contributed by atoms with van der Waals surface area (Å²) in [7, 11) is 1.60. The van der Waals surface area contributed by atoms with Gasteiger partial charge in [0.05, 0.1) is 18.9 Å². The number of methoxy groups -OCH3 is 1. The third-order valence-electron chi connectivity index (χ3n) is 2.56. The van der Waals surface area contributed by atoms with Crippen LogP contribution in [0.1, 0.15) is 17.2 Å². The first kappa shape index (κ1) is 11.2. The second-order valence-electron chi connectivity index (χ2n) is 3.56. The lowest BCUT2D eigenvalue weighted by Gasteiger charge is -2.12. The third kappa shape index (κ3) is 2.26. The average Bonchev–Trinajstić information content (AvgIpc) is 2.41. The Morgan fingerprint density at radius 3 is 2.59 bits per heavy atom. The van der Waals surface area contributed by atoms with Crippen LogP contribution in [-0.2, 0) is 0 Å². The third-order valence-corrected chi connectivity index (χ3v) is 2.56. The van der Waals surface area contributed by atoms with Crippen LogP contribution in [0.15, 0.2) is 48.7 Å². The normalized spacial score (nSPS) is 11.5. The van der Waals surface area contributed by atoms with Crippen molar-refractivity contribution in [3.63, 3.8) is 0 Å². The molecule has 0 saturated carbocycles. The molecule has 0 aliphatic carbocycles. The van der Waals surface area contributed by atoms with Gasteiger partial charge in [0.25, 0.3) is 0 Å². The van der Waals surface area contributed by atoms with Crippen LogP contribution in [-0.4, -0.2) is 12.1 Å². The Kier molecular flexibility index (Phi) is 3.37. The SMILES string of the molecule is COc1ccccc1C(C#N)c1ccccn1. The van der Waals surface area contributed by atoms with Gasteiger partial charge in [0.15, 0.2) is 0 Å². The van der Waals surface area contributed by atoms with Crippen molar-refractivity contribution in [3.8, 4) is 11.8 Å². The summed E-state index contributed by atoms with van der Waals surface area (Å²) in [6.45, 7) is 0. The number of ether oxygens (including phenoxy) is 1. The average molecular weight is 224 g/mol. The van der Waals surface area contributed by atoms with Crippen LogP contribution < -0.4 is 4.74 Å². The molecule has 0 saturated heterocycles. The number of hydrogen-bond acceptors (Lipinski definition) is 3. The monoisotopic (exact) mass is 224 g/mol. The van der Waals surface area contributed by atoms with Crippen LogP contribution in [0, 0.1) is 11.3 Å². The number of benzene rings is 1. The van der Waals surface area contributed by atoms with Crippen LogP contribution in [0.3, 0.4) is 0 Å². The van der Waals surface area contributed by atoms with E-state index in [0.29, 0.717) is 5.75 Å². The zero-order valence-electron chi connectivity index (χ0n) is 9.50. The van der Waals surface area contributed by atoms with E-state index in [-0.39, 0.29) is 0 Å². The van der Waals surface area contributed by atoms with Crippen molar-refractivity contribution in [3.05, 3.63) is 59.9 Å². The highest BCUT2D eigenvalue weighted by Gasteiger charge is 2.18. The molecule has 3 heteroatoms. The van der Waals surface area contributed by atoms with E-state index < -0.39 is 5.92 Å². The molecule has 0 aliphatic heterocycles. The molecule has 0 radical (unpaired) electrons. The summed E-state index contributed by atoms with van der Waals surface area (Å²) in [6, 6.07) is 15.3. The molecule has 0 fully saturated rings. The predicted molar refractivity (Wildman–Crippen MR) is 64.7 cm³/mol. The minimum Gasteiger partial charge on any atom is -0.496 e. The molecule has 0 bridgehead atoms. The molecular weight excluding hydrogens is 212 g/mol. The molecule has 2 aromatic rings. The maximum absolute atomic E-state index is 9.31. The Morgan fingerprint density at radius 1 is 1.18 bits per heavy atom. The van der Waals surface area contributed by atoms with E-state index in [9.17, 15) is 5.26 Å². The molecule has 1 aromatic carbocycles. The van der Waals surface area contributed by atoms with Crippen molar-refractivity contribution in [1.82, 2.24) is 4.98 Å². The maximum Gasteiger partial charge on any atom is 0.123 e. The summed E-state index contributed by atoms with van der Waals surface area (Å²) in [4.78, 5) is 4.22. The summed E-state index contributed by atoms with van der Waals surface area (Å²) >= 11 is 0. The number of pyridine rings is 1. The van der Waals surface area contributed by atoms with Gasteiger partial charge in [-0.15, -0.1) is 0 Å². The van der Waals surface area contributed by atoms with Gasteiger partial charge in [-0.2, -0.15) is 5.26 Å². The van der Waals surface area contributed by atoms with E-state index in [1.165, 1.54) is 0 Å². The second kappa shape index (κ2) is 5.13. The first-order valence-electron chi connectivity index (χ1n) is 5.30. The van der Waals surface area contributed by atoms with Crippen LogP contribution in [0.5, 0.6) is 5.75 Å². The lowest BCUT2D eigenvalue weighted by Crippen LogP contribution is -2.02. The fraction of sp³-hybridized carbons (Fsp3) is 0.143. The number of para-hydroxylation sites is 1. The number of rotatable bonds is 3. The predicted octanol–water partition coefficient (Wildman–Crippen LogP) is 2.75. The molecule has 0 aliphatic rings. The van der Waals surface area contributed by atoms with Crippen LogP contribution in [0.25, 0.3) is 0 Å². The molecule has 2 rings (SSSR count). The smallest absolute Gasteiger partial charge is 0.123 e. The highest BCUT2D eigenvalue weighted by atomic mass is 16.5. The van der Waals surface area contributed by atoms with Crippen molar-refractivity contribution in [2.45, 2.75) is 5.92 Å². The van der Waals surface area contributed by atoms with Gasteiger partial charge in [0.2, 0.25) is 0 Å². The first-order chi connectivity index (χ1) is 8.36. The Balaban J connectivity index is 2.47. The Bertz CT molecular complexity index is 531. The lowest BCUT2D eigenvalue weighted by molar-refractivity contribution is 0.409. The van der Waals surface area contributed by atoms with Crippen molar-refractivity contribution < 1.29 is 4.74 Å². The van der Waals surface area contributed by atoms with Crippen molar-refractivity contribution in [2.75, 3.05) is 7.11 Å². The fourth-order valence-electron chi connectivity index (χ4n) is 1.75. The number of nitriles is 1. The summed E-state index contributed by atoms with van der Waals surface area (Å²) in [6.07, 6.45) is 1.69. The summed E-state index contributed by atoms with van der Waals surface area (Å²) in [5.41, 5.74) is 1.58. The molecule has 1 aromatic heterocycles. The lowest BCUT2D eigenvalue weighted by atomic mass is 9.96.